The summed E-state index contributed by atoms with van der Waals surface area (Å²) in [6.07, 6.45) is -0.781. The number of carbonyl (C=O) groups excluding carboxylic acids is 1. The Kier molecular flexibility index (Phi) is 5.05. The van der Waals surface area contributed by atoms with E-state index in [0.717, 1.165) is 0 Å². The number of nitro benzene ring substituents is 1. The summed E-state index contributed by atoms with van der Waals surface area (Å²) < 4.78 is 1.18. The third-order valence-electron chi connectivity index (χ3n) is 3.19. The van der Waals surface area contributed by atoms with Gasteiger partial charge in [0, 0.05) is 24.4 Å². The highest BCUT2D eigenvalue weighted by Crippen LogP contribution is 2.22. The van der Waals surface area contributed by atoms with E-state index in [2.05, 4.69) is 10.4 Å². The molecule has 1 aromatic heterocycles. The van der Waals surface area contributed by atoms with Crippen molar-refractivity contribution in [1.29, 1.82) is 0 Å². The van der Waals surface area contributed by atoms with Gasteiger partial charge in [0.15, 0.2) is 5.69 Å². The van der Waals surface area contributed by atoms with Gasteiger partial charge in [-0.05, 0) is 19.9 Å². The van der Waals surface area contributed by atoms with Gasteiger partial charge in [0.1, 0.15) is 5.69 Å². The van der Waals surface area contributed by atoms with Gasteiger partial charge < -0.3 is 10.4 Å². The zero-order valence-electron chi connectivity index (χ0n) is 13.1. The van der Waals surface area contributed by atoms with E-state index in [1.165, 1.54) is 35.9 Å². The van der Waals surface area contributed by atoms with Gasteiger partial charge in [0.05, 0.1) is 11.0 Å². The number of para-hydroxylation sites is 2. The number of rotatable bonds is 5. The van der Waals surface area contributed by atoms with Crippen molar-refractivity contribution in [2.45, 2.75) is 20.0 Å². The van der Waals surface area contributed by atoms with Crippen molar-refractivity contribution in [1.82, 2.24) is 15.1 Å². The molecule has 0 aliphatic heterocycles. The first-order valence-electron chi connectivity index (χ1n) is 7.12. The van der Waals surface area contributed by atoms with Crippen LogP contribution in [0.15, 0.2) is 35.1 Å². The molecule has 1 heterocycles. The zero-order valence-corrected chi connectivity index (χ0v) is 13.1. The molecular weight excluding hydrogens is 316 g/mol. The van der Waals surface area contributed by atoms with Crippen LogP contribution < -0.4 is 10.7 Å². The van der Waals surface area contributed by atoms with Crippen molar-refractivity contribution in [3.63, 3.8) is 0 Å². The molecule has 0 spiro atoms. The number of carbonyl (C=O) groups is 1. The van der Waals surface area contributed by atoms with E-state index < -0.39 is 28.1 Å². The second kappa shape index (κ2) is 7.01. The lowest BCUT2D eigenvalue weighted by Gasteiger charge is -2.12. The lowest BCUT2D eigenvalue weighted by Crippen LogP contribution is -2.35. The third kappa shape index (κ3) is 3.63. The molecule has 24 heavy (non-hydrogen) atoms. The number of benzene rings is 1. The number of aromatic nitrogens is 2. The van der Waals surface area contributed by atoms with E-state index in [-0.39, 0.29) is 17.9 Å². The molecule has 9 nitrogen and oxygen atoms in total. The van der Waals surface area contributed by atoms with Crippen molar-refractivity contribution in [2.75, 3.05) is 6.54 Å². The Labute approximate surface area is 136 Å². The fraction of sp³-hybridized carbons (Fsp3) is 0.267. The first kappa shape index (κ1) is 17.3. The number of nitrogens with zero attached hydrogens (tertiary/aromatic N) is 3. The van der Waals surface area contributed by atoms with Crippen LogP contribution in [-0.2, 0) is 0 Å². The number of nitrogens with one attached hydrogen (secondary N) is 1. The van der Waals surface area contributed by atoms with Crippen LogP contribution in [0, 0.1) is 17.0 Å². The molecule has 0 aliphatic carbocycles. The maximum absolute atomic E-state index is 12.1. The van der Waals surface area contributed by atoms with Crippen LogP contribution in [0.4, 0.5) is 5.69 Å². The second-order valence-corrected chi connectivity index (χ2v) is 5.22. The summed E-state index contributed by atoms with van der Waals surface area (Å²) in [6.45, 7) is 3.00. The van der Waals surface area contributed by atoms with Crippen LogP contribution in [0.2, 0.25) is 0 Å². The average Bonchev–Trinajstić information content (AvgIpc) is 2.52. The van der Waals surface area contributed by atoms with Gasteiger partial charge in [-0.1, -0.05) is 12.1 Å². The maximum Gasteiger partial charge on any atom is 0.294 e. The molecule has 2 N–H and O–H groups in total. The molecule has 0 aliphatic rings. The second-order valence-electron chi connectivity index (χ2n) is 5.22. The monoisotopic (exact) mass is 332 g/mol. The molecule has 0 saturated carbocycles. The van der Waals surface area contributed by atoms with Crippen molar-refractivity contribution in [3.05, 3.63) is 62.1 Å². The normalized spacial score (nSPS) is 11.8. The highest BCUT2D eigenvalue weighted by atomic mass is 16.6. The summed E-state index contributed by atoms with van der Waals surface area (Å²) in [4.78, 5) is 34.6. The molecule has 1 aromatic carbocycles. The van der Waals surface area contributed by atoms with Crippen molar-refractivity contribution < 1.29 is 14.8 Å². The van der Waals surface area contributed by atoms with E-state index in [1.807, 2.05) is 0 Å². The predicted octanol–water partition coefficient (Wildman–Crippen LogP) is 0.560. The van der Waals surface area contributed by atoms with Crippen LogP contribution in [0.1, 0.15) is 23.1 Å². The quantitative estimate of drug-likeness (QED) is 0.608. The Morgan fingerprint density at radius 2 is 2.12 bits per heavy atom. The Bertz CT molecular complexity index is 844. The molecule has 0 radical (unpaired) electrons. The number of amides is 1. The van der Waals surface area contributed by atoms with Crippen LogP contribution in [0.25, 0.3) is 5.69 Å². The number of nitro groups is 1. The minimum absolute atomic E-state index is 0.0423. The first-order valence-corrected chi connectivity index (χ1v) is 7.12. The minimum atomic E-state index is -0.781. The van der Waals surface area contributed by atoms with E-state index in [0.29, 0.717) is 5.69 Å². The van der Waals surface area contributed by atoms with E-state index >= 15 is 0 Å². The highest BCUT2D eigenvalue weighted by Gasteiger charge is 2.20. The Hall–Kier alpha value is -3.07. The summed E-state index contributed by atoms with van der Waals surface area (Å²) in [6, 6.07) is 7.06. The number of aliphatic hydroxyl groups is 1. The zero-order chi connectivity index (χ0) is 17.9. The maximum atomic E-state index is 12.1. The Morgan fingerprint density at radius 3 is 2.75 bits per heavy atom. The van der Waals surface area contributed by atoms with Crippen LogP contribution in [0.5, 0.6) is 0 Å². The topological polar surface area (TPSA) is 127 Å². The molecular formula is C15H16N4O5. The molecule has 1 atom stereocenters. The molecule has 0 fully saturated rings. The largest absolute Gasteiger partial charge is 0.392 e. The summed E-state index contributed by atoms with van der Waals surface area (Å²) in [5.74, 6) is -0.756. The predicted molar refractivity (Wildman–Crippen MR) is 85.2 cm³/mol. The van der Waals surface area contributed by atoms with E-state index in [1.54, 1.807) is 13.0 Å². The van der Waals surface area contributed by atoms with Gasteiger partial charge >= 0.3 is 0 Å². The SMILES string of the molecule is Cc1cc(=O)c(C(=O)NCC(C)O)nn1-c1ccccc1[N+](=O)[O-]. The van der Waals surface area contributed by atoms with Crippen LogP contribution in [-0.4, -0.2) is 38.4 Å². The van der Waals surface area contributed by atoms with Crippen molar-refractivity contribution >= 4 is 11.6 Å². The fourth-order valence-corrected chi connectivity index (χ4v) is 2.07. The summed E-state index contributed by atoms with van der Waals surface area (Å²) in [5, 5.41) is 26.7. The number of aryl methyl sites for hydroxylation is 1. The molecule has 126 valence electrons. The van der Waals surface area contributed by atoms with Gasteiger partial charge in [-0.15, -0.1) is 0 Å². The third-order valence-corrected chi connectivity index (χ3v) is 3.19. The standard InChI is InChI=1S/C15H16N4O5/c1-9-7-13(21)14(15(22)16-8-10(2)20)17-18(9)11-5-3-4-6-12(11)19(23)24/h3-7,10,20H,8H2,1-2H3,(H,16,22). The average molecular weight is 332 g/mol. The fourth-order valence-electron chi connectivity index (χ4n) is 2.07. The Morgan fingerprint density at radius 1 is 1.46 bits per heavy atom. The van der Waals surface area contributed by atoms with Crippen LogP contribution >= 0.6 is 0 Å². The Balaban J connectivity index is 2.54. The van der Waals surface area contributed by atoms with Crippen molar-refractivity contribution in [3.8, 4) is 5.69 Å². The van der Waals surface area contributed by atoms with Gasteiger partial charge in [-0.3, -0.25) is 19.7 Å². The molecule has 2 aromatic rings. The molecule has 0 bridgehead atoms. The van der Waals surface area contributed by atoms with Gasteiger partial charge in [-0.2, -0.15) is 5.10 Å². The molecule has 1 amide bonds. The van der Waals surface area contributed by atoms with E-state index in [4.69, 9.17) is 0 Å². The van der Waals surface area contributed by atoms with E-state index in [9.17, 15) is 24.8 Å². The van der Waals surface area contributed by atoms with Crippen molar-refractivity contribution in [2.24, 2.45) is 0 Å². The number of hydrogen-bond acceptors (Lipinski definition) is 6. The molecule has 9 heteroatoms. The smallest absolute Gasteiger partial charge is 0.294 e. The highest BCUT2D eigenvalue weighted by molar-refractivity contribution is 5.92. The van der Waals surface area contributed by atoms with Gasteiger partial charge in [-0.25, -0.2) is 4.68 Å². The summed E-state index contributed by atoms with van der Waals surface area (Å²) >= 11 is 0. The molecule has 0 saturated heterocycles. The van der Waals surface area contributed by atoms with Gasteiger partial charge in [0.25, 0.3) is 11.6 Å². The molecule has 1 unspecified atom stereocenters. The number of aliphatic hydroxyl groups excluding tert-OH is 1. The van der Waals surface area contributed by atoms with Crippen LogP contribution in [0.3, 0.4) is 0 Å². The summed E-state index contributed by atoms with van der Waals surface area (Å²) in [7, 11) is 0. The molecule has 2 rings (SSSR count). The van der Waals surface area contributed by atoms with Gasteiger partial charge in [0.2, 0.25) is 5.43 Å². The lowest BCUT2D eigenvalue weighted by molar-refractivity contribution is -0.384. The first-order chi connectivity index (χ1) is 11.3. The summed E-state index contributed by atoms with van der Waals surface area (Å²) in [5.41, 5.74) is -0.720. The lowest BCUT2D eigenvalue weighted by atomic mass is 10.2. The minimum Gasteiger partial charge on any atom is -0.392 e. The number of hydrogen-bond donors (Lipinski definition) is 2.